The maximum Gasteiger partial charge on any atom is 0.279 e. The summed E-state index contributed by atoms with van der Waals surface area (Å²) in [5, 5.41) is 10.6. The highest BCUT2D eigenvalue weighted by molar-refractivity contribution is 7.80. The topological polar surface area (TPSA) is 60.2 Å². The molecule has 0 heterocycles. The van der Waals surface area contributed by atoms with E-state index < -0.39 is 4.92 Å². The van der Waals surface area contributed by atoms with Gasteiger partial charge in [0, 0.05) is 6.07 Å². The van der Waals surface area contributed by atoms with Crippen LogP contribution in [0.25, 0.3) is 6.08 Å². The molecule has 1 aromatic carbocycles. The summed E-state index contributed by atoms with van der Waals surface area (Å²) in [6.45, 7) is 0. The van der Waals surface area contributed by atoms with Crippen LogP contribution in [0.5, 0.6) is 0 Å². The SMILES string of the molecule is O=Cc1cc(C=CCCS)ccc1[N+](=O)[O-]. The summed E-state index contributed by atoms with van der Waals surface area (Å²) in [4.78, 5) is 20.7. The van der Waals surface area contributed by atoms with Crippen molar-refractivity contribution in [2.24, 2.45) is 0 Å². The minimum absolute atomic E-state index is 0.0954. The van der Waals surface area contributed by atoms with E-state index in [0.717, 1.165) is 17.7 Å². The highest BCUT2D eigenvalue weighted by atomic mass is 32.1. The summed E-state index contributed by atoms with van der Waals surface area (Å²) < 4.78 is 0. The first-order chi connectivity index (χ1) is 7.69. The molecule has 0 atom stereocenters. The summed E-state index contributed by atoms with van der Waals surface area (Å²) in [5.74, 6) is 0.740. The molecular formula is C11H11NO3S. The number of nitrogens with zero attached hydrogens (tertiary/aromatic N) is 1. The van der Waals surface area contributed by atoms with Gasteiger partial charge in [-0.15, -0.1) is 0 Å². The molecule has 0 fully saturated rings. The molecule has 4 nitrogen and oxygen atoms in total. The number of nitro groups is 1. The van der Waals surface area contributed by atoms with E-state index in [1.165, 1.54) is 12.1 Å². The molecule has 0 N–H and O–H groups in total. The molecule has 84 valence electrons. The molecule has 0 radical (unpaired) electrons. The number of rotatable bonds is 5. The molecule has 0 amide bonds. The summed E-state index contributed by atoms with van der Waals surface area (Å²) in [7, 11) is 0. The highest BCUT2D eigenvalue weighted by Crippen LogP contribution is 2.19. The highest BCUT2D eigenvalue weighted by Gasteiger charge is 2.12. The molecule has 0 saturated carbocycles. The Kier molecular flexibility index (Phi) is 4.72. The van der Waals surface area contributed by atoms with Crippen LogP contribution in [0.4, 0.5) is 5.69 Å². The number of carbonyl (C=O) groups excluding carboxylic acids is 1. The van der Waals surface area contributed by atoms with Crippen LogP contribution < -0.4 is 0 Å². The zero-order valence-corrected chi connectivity index (χ0v) is 9.39. The van der Waals surface area contributed by atoms with Crippen molar-refractivity contribution < 1.29 is 9.72 Å². The Balaban J connectivity index is 2.99. The van der Waals surface area contributed by atoms with E-state index in [1.807, 2.05) is 12.2 Å². The number of benzene rings is 1. The van der Waals surface area contributed by atoms with E-state index in [4.69, 9.17) is 0 Å². The van der Waals surface area contributed by atoms with Crippen LogP contribution in [0.3, 0.4) is 0 Å². The lowest BCUT2D eigenvalue weighted by atomic mass is 10.1. The van der Waals surface area contributed by atoms with Crippen molar-refractivity contribution >= 4 is 30.7 Å². The third-order valence-electron chi connectivity index (χ3n) is 1.98. The quantitative estimate of drug-likeness (QED) is 0.371. The van der Waals surface area contributed by atoms with Gasteiger partial charge in [-0.25, -0.2) is 0 Å². The van der Waals surface area contributed by atoms with Crippen LogP contribution >= 0.6 is 12.6 Å². The number of aldehydes is 1. The van der Waals surface area contributed by atoms with Crippen molar-refractivity contribution in [1.29, 1.82) is 0 Å². The number of thiol groups is 1. The molecule has 1 rings (SSSR count). The first kappa shape index (κ1) is 12.4. The fourth-order valence-corrected chi connectivity index (χ4v) is 1.38. The van der Waals surface area contributed by atoms with Crippen LogP contribution in [0.15, 0.2) is 24.3 Å². The van der Waals surface area contributed by atoms with E-state index in [-0.39, 0.29) is 11.3 Å². The molecule has 1 aromatic rings. The Morgan fingerprint density at radius 3 is 2.75 bits per heavy atom. The van der Waals surface area contributed by atoms with Gasteiger partial charge in [-0.05, 0) is 29.9 Å². The molecule has 0 saturated heterocycles. The van der Waals surface area contributed by atoms with E-state index in [2.05, 4.69) is 12.6 Å². The molecule has 0 aliphatic carbocycles. The van der Waals surface area contributed by atoms with Crippen molar-refractivity contribution in [3.63, 3.8) is 0 Å². The Morgan fingerprint density at radius 1 is 1.44 bits per heavy atom. The monoisotopic (exact) mass is 237 g/mol. The predicted octanol–water partition coefficient (Wildman–Crippen LogP) is 2.74. The van der Waals surface area contributed by atoms with Gasteiger partial charge < -0.3 is 0 Å². The molecule has 0 unspecified atom stereocenters. The Hall–Kier alpha value is -1.62. The van der Waals surface area contributed by atoms with Crippen molar-refractivity contribution in [2.45, 2.75) is 6.42 Å². The first-order valence-corrected chi connectivity index (χ1v) is 5.33. The van der Waals surface area contributed by atoms with Crippen LogP contribution in [0, 0.1) is 10.1 Å². The Labute approximate surface area is 98.5 Å². The van der Waals surface area contributed by atoms with Gasteiger partial charge in [0.15, 0.2) is 6.29 Å². The third-order valence-corrected chi connectivity index (χ3v) is 2.24. The van der Waals surface area contributed by atoms with Gasteiger partial charge in [-0.1, -0.05) is 12.2 Å². The number of hydrogen-bond acceptors (Lipinski definition) is 4. The van der Waals surface area contributed by atoms with Crippen LogP contribution in [0.2, 0.25) is 0 Å². The van der Waals surface area contributed by atoms with Crippen LogP contribution in [0.1, 0.15) is 22.3 Å². The fourth-order valence-electron chi connectivity index (χ4n) is 1.23. The molecule has 0 bridgehead atoms. The number of hydrogen-bond donors (Lipinski definition) is 1. The van der Waals surface area contributed by atoms with Crippen LogP contribution in [-0.4, -0.2) is 17.0 Å². The zero-order chi connectivity index (χ0) is 12.0. The largest absolute Gasteiger partial charge is 0.298 e. The van der Waals surface area contributed by atoms with Gasteiger partial charge in [-0.3, -0.25) is 14.9 Å². The molecule has 0 spiro atoms. The Morgan fingerprint density at radius 2 is 2.19 bits per heavy atom. The van der Waals surface area contributed by atoms with Crippen molar-refractivity contribution in [1.82, 2.24) is 0 Å². The second kappa shape index (κ2) is 6.07. The van der Waals surface area contributed by atoms with Gasteiger partial charge in [-0.2, -0.15) is 12.6 Å². The lowest BCUT2D eigenvalue weighted by molar-refractivity contribution is -0.385. The van der Waals surface area contributed by atoms with Crippen molar-refractivity contribution in [2.75, 3.05) is 5.75 Å². The van der Waals surface area contributed by atoms with Crippen LogP contribution in [-0.2, 0) is 0 Å². The lowest BCUT2D eigenvalue weighted by Crippen LogP contribution is -1.94. The van der Waals surface area contributed by atoms with E-state index >= 15 is 0 Å². The summed E-state index contributed by atoms with van der Waals surface area (Å²) in [5.41, 5.74) is 0.703. The average Bonchev–Trinajstić information content (AvgIpc) is 2.29. The summed E-state index contributed by atoms with van der Waals surface area (Å²) in [6, 6.07) is 4.45. The zero-order valence-electron chi connectivity index (χ0n) is 8.50. The minimum atomic E-state index is -0.565. The van der Waals surface area contributed by atoms with E-state index in [1.54, 1.807) is 6.07 Å². The summed E-state index contributed by atoms with van der Waals surface area (Å²) in [6.07, 6.45) is 5.03. The summed E-state index contributed by atoms with van der Waals surface area (Å²) >= 11 is 4.05. The van der Waals surface area contributed by atoms with Gasteiger partial charge in [0.05, 0.1) is 10.5 Å². The first-order valence-electron chi connectivity index (χ1n) is 4.70. The van der Waals surface area contributed by atoms with Crippen molar-refractivity contribution in [3.05, 3.63) is 45.5 Å². The van der Waals surface area contributed by atoms with Gasteiger partial charge >= 0.3 is 0 Å². The molecule has 16 heavy (non-hydrogen) atoms. The number of carbonyl (C=O) groups is 1. The predicted molar refractivity (Wildman–Crippen MR) is 66.0 cm³/mol. The maximum atomic E-state index is 10.7. The lowest BCUT2D eigenvalue weighted by Gasteiger charge is -1.97. The van der Waals surface area contributed by atoms with E-state index in [0.29, 0.717) is 6.29 Å². The maximum absolute atomic E-state index is 10.7. The molecule has 5 heteroatoms. The molecular weight excluding hydrogens is 226 g/mol. The number of allylic oxidation sites excluding steroid dienone is 1. The third kappa shape index (κ3) is 3.20. The number of nitro benzene ring substituents is 1. The molecule has 0 aliphatic heterocycles. The van der Waals surface area contributed by atoms with Gasteiger partial charge in [0.25, 0.3) is 5.69 Å². The van der Waals surface area contributed by atoms with E-state index in [9.17, 15) is 14.9 Å². The van der Waals surface area contributed by atoms with Gasteiger partial charge in [0.2, 0.25) is 0 Å². The normalized spacial score (nSPS) is 10.6. The second-order valence-corrected chi connectivity index (χ2v) is 3.56. The standard InChI is InChI=1S/C11H11NO3S/c13-8-10-7-9(3-1-2-6-16)4-5-11(10)12(14)15/h1,3-5,7-8,16H,2,6H2. The fraction of sp³-hybridized carbons (Fsp3) is 0.182. The minimum Gasteiger partial charge on any atom is -0.298 e. The van der Waals surface area contributed by atoms with Crippen molar-refractivity contribution in [3.8, 4) is 0 Å². The second-order valence-electron chi connectivity index (χ2n) is 3.11. The average molecular weight is 237 g/mol. The smallest absolute Gasteiger partial charge is 0.279 e. The van der Waals surface area contributed by atoms with Gasteiger partial charge in [0.1, 0.15) is 0 Å². The Bertz CT molecular complexity index is 429. The molecule has 0 aromatic heterocycles. The molecule has 0 aliphatic rings.